The number of nitrogens with zero attached hydrogens (tertiary/aromatic N) is 2. The lowest BCUT2D eigenvalue weighted by molar-refractivity contribution is 0.623. The van der Waals surface area contributed by atoms with Crippen LogP contribution >= 0.6 is 0 Å². The van der Waals surface area contributed by atoms with Crippen LogP contribution in [0.1, 0.15) is 25.0 Å². The molecule has 9 aromatic rings. The molecule has 0 saturated heterocycles. The Morgan fingerprint density at radius 2 is 1.12 bits per heavy atom. The van der Waals surface area contributed by atoms with Crippen LogP contribution in [0.5, 0.6) is 0 Å². The molecule has 1 aromatic heterocycles. The molecule has 242 valence electrons. The summed E-state index contributed by atoms with van der Waals surface area (Å²) < 4.78 is 6.46. The van der Waals surface area contributed by atoms with Crippen molar-refractivity contribution >= 4 is 49.7 Å². The lowest BCUT2D eigenvalue weighted by atomic mass is 9.82. The highest BCUT2D eigenvalue weighted by molar-refractivity contribution is 6.16. The van der Waals surface area contributed by atoms with Gasteiger partial charge in [0.05, 0.1) is 5.69 Å². The first-order valence-corrected chi connectivity index (χ1v) is 17.5. The Kier molecular flexibility index (Phi) is 6.53. The Balaban J connectivity index is 1.20. The lowest BCUT2D eigenvalue weighted by Gasteiger charge is -2.30. The van der Waals surface area contributed by atoms with Crippen molar-refractivity contribution in [3.8, 4) is 33.7 Å². The number of benzene rings is 8. The van der Waals surface area contributed by atoms with Crippen molar-refractivity contribution in [2.24, 2.45) is 0 Å². The highest BCUT2D eigenvalue weighted by Gasteiger charge is 2.36. The third-order valence-corrected chi connectivity index (χ3v) is 10.7. The molecule has 1 heterocycles. The maximum absolute atomic E-state index is 6.46. The summed E-state index contributed by atoms with van der Waals surface area (Å²) >= 11 is 0. The molecular formula is C48H34N2O. The van der Waals surface area contributed by atoms with Gasteiger partial charge in [0.1, 0.15) is 5.52 Å². The fourth-order valence-electron chi connectivity index (χ4n) is 8.14. The van der Waals surface area contributed by atoms with Gasteiger partial charge in [-0.15, -0.1) is 0 Å². The summed E-state index contributed by atoms with van der Waals surface area (Å²) in [5, 5.41) is 4.54. The van der Waals surface area contributed by atoms with Gasteiger partial charge in [-0.3, -0.25) is 0 Å². The van der Waals surface area contributed by atoms with Crippen LogP contribution in [0.4, 0.5) is 17.1 Å². The normalized spacial score (nSPS) is 13.1. The topological polar surface area (TPSA) is 29.3 Å². The zero-order chi connectivity index (χ0) is 34.1. The Morgan fingerprint density at radius 1 is 0.490 bits per heavy atom. The van der Waals surface area contributed by atoms with E-state index < -0.39 is 0 Å². The predicted octanol–water partition coefficient (Wildman–Crippen LogP) is 13.2. The van der Waals surface area contributed by atoms with Crippen LogP contribution in [-0.4, -0.2) is 4.98 Å². The average molecular weight is 655 g/mol. The highest BCUT2D eigenvalue weighted by Crippen LogP contribution is 2.51. The van der Waals surface area contributed by atoms with Crippen molar-refractivity contribution in [1.29, 1.82) is 0 Å². The summed E-state index contributed by atoms with van der Waals surface area (Å²) in [5.74, 6) is 0.636. The van der Waals surface area contributed by atoms with E-state index in [4.69, 9.17) is 9.40 Å². The second kappa shape index (κ2) is 11.3. The van der Waals surface area contributed by atoms with E-state index in [2.05, 4.69) is 158 Å². The van der Waals surface area contributed by atoms with E-state index in [1.165, 1.54) is 44.2 Å². The predicted molar refractivity (Wildman–Crippen MR) is 212 cm³/mol. The van der Waals surface area contributed by atoms with Gasteiger partial charge < -0.3 is 9.32 Å². The smallest absolute Gasteiger partial charge is 0.227 e. The largest absolute Gasteiger partial charge is 0.435 e. The molecule has 51 heavy (non-hydrogen) atoms. The van der Waals surface area contributed by atoms with E-state index >= 15 is 0 Å². The van der Waals surface area contributed by atoms with Gasteiger partial charge in [-0.25, -0.2) is 4.98 Å². The molecule has 0 atom stereocenters. The molecule has 3 heteroatoms. The van der Waals surface area contributed by atoms with Gasteiger partial charge in [0.2, 0.25) is 5.89 Å². The summed E-state index contributed by atoms with van der Waals surface area (Å²) in [4.78, 5) is 7.29. The van der Waals surface area contributed by atoms with Crippen molar-refractivity contribution in [2.75, 3.05) is 4.90 Å². The Hall–Kier alpha value is -6.45. The minimum Gasteiger partial charge on any atom is -0.435 e. The van der Waals surface area contributed by atoms with E-state index in [1.54, 1.807) is 0 Å². The molecule has 1 aliphatic rings. The van der Waals surface area contributed by atoms with Crippen molar-refractivity contribution in [1.82, 2.24) is 4.98 Å². The second-order valence-electron chi connectivity index (χ2n) is 14.0. The molecular weight excluding hydrogens is 621 g/mol. The molecule has 0 bridgehead atoms. The zero-order valence-corrected chi connectivity index (χ0v) is 28.5. The van der Waals surface area contributed by atoms with E-state index in [0.29, 0.717) is 5.89 Å². The van der Waals surface area contributed by atoms with Crippen LogP contribution < -0.4 is 4.90 Å². The molecule has 0 radical (unpaired) electrons. The third kappa shape index (κ3) is 4.62. The minimum absolute atomic E-state index is 0.118. The number of anilines is 3. The number of aromatic nitrogens is 1. The maximum Gasteiger partial charge on any atom is 0.227 e. The molecule has 3 nitrogen and oxygen atoms in total. The van der Waals surface area contributed by atoms with Crippen LogP contribution in [-0.2, 0) is 5.41 Å². The average Bonchev–Trinajstić information content (AvgIpc) is 3.73. The molecule has 10 rings (SSSR count). The fourth-order valence-corrected chi connectivity index (χ4v) is 8.14. The van der Waals surface area contributed by atoms with Gasteiger partial charge in [-0.1, -0.05) is 129 Å². The first-order chi connectivity index (χ1) is 25.0. The first kappa shape index (κ1) is 29.5. The minimum atomic E-state index is -0.118. The standard InChI is InChI=1S/C48H34N2O/c1-48(2)42-19-11-9-18-38(42)39-26-24-35(30-43(39)48)50(45-20-12-10-17-36(45)31-13-5-3-6-14-31)34-23-21-32-22-25-40-37(41(32)29-34)27-28-44-46(40)51-47(49-44)33-15-7-4-8-16-33/h3-30H,1-2H3. The fraction of sp³-hybridized carbons (Fsp3) is 0.0625. The Bertz CT molecular complexity index is 2780. The van der Waals surface area contributed by atoms with Gasteiger partial charge in [0.25, 0.3) is 0 Å². The molecule has 0 spiro atoms. The van der Waals surface area contributed by atoms with Crippen molar-refractivity contribution < 1.29 is 4.42 Å². The molecule has 8 aromatic carbocycles. The molecule has 0 aliphatic heterocycles. The van der Waals surface area contributed by atoms with E-state index in [9.17, 15) is 0 Å². The van der Waals surface area contributed by atoms with Gasteiger partial charge in [0, 0.05) is 33.3 Å². The number of hydrogen-bond donors (Lipinski definition) is 0. The maximum atomic E-state index is 6.46. The number of hydrogen-bond acceptors (Lipinski definition) is 3. The van der Waals surface area contributed by atoms with Crippen molar-refractivity contribution in [2.45, 2.75) is 19.3 Å². The summed E-state index contributed by atoms with van der Waals surface area (Å²) in [6.45, 7) is 4.69. The first-order valence-electron chi connectivity index (χ1n) is 17.5. The van der Waals surface area contributed by atoms with E-state index in [0.717, 1.165) is 44.5 Å². The summed E-state index contributed by atoms with van der Waals surface area (Å²) in [6.07, 6.45) is 0. The number of oxazole rings is 1. The number of fused-ring (bicyclic) bond motifs is 8. The zero-order valence-electron chi connectivity index (χ0n) is 28.5. The van der Waals surface area contributed by atoms with Gasteiger partial charge in [0.15, 0.2) is 5.58 Å². The van der Waals surface area contributed by atoms with Gasteiger partial charge in [-0.05, 0) is 98.6 Å². The van der Waals surface area contributed by atoms with Crippen LogP contribution in [0.3, 0.4) is 0 Å². The Labute approximate surface area is 297 Å². The van der Waals surface area contributed by atoms with Crippen LogP contribution in [0.25, 0.3) is 66.4 Å². The molecule has 0 amide bonds. The SMILES string of the molecule is CC1(C)c2ccccc2-c2ccc(N(c3ccc4ccc5c(ccc6nc(-c7ccccc7)oc65)c4c3)c3ccccc3-c3ccccc3)cc21. The van der Waals surface area contributed by atoms with E-state index in [1.807, 2.05) is 30.3 Å². The second-order valence-corrected chi connectivity index (χ2v) is 14.0. The summed E-state index contributed by atoms with van der Waals surface area (Å²) in [6, 6.07) is 60.9. The molecule has 0 fully saturated rings. The van der Waals surface area contributed by atoms with Crippen LogP contribution in [0, 0.1) is 0 Å². The van der Waals surface area contributed by atoms with Crippen LogP contribution in [0.2, 0.25) is 0 Å². The van der Waals surface area contributed by atoms with Gasteiger partial charge >= 0.3 is 0 Å². The molecule has 0 unspecified atom stereocenters. The Morgan fingerprint density at radius 3 is 1.94 bits per heavy atom. The molecule has 1 aliphatic carbocycles. The number of rotatable bonds is 5. The molecule has 0 saturated carbocycles. The number of para-hydroxylation sites is 1. The highest BCUT2D eigenvalue weighted by atomic mass is 16.3. The van der Waals surface area contributed by atoms with Gasteiger partial charge in [-0.2, -0.15) is 0 Å². The summed E-state index contributed by atoms with van der Waals surface area (Å²) in [5.41, 5.74) is 13.6. The third-order valence-electron chi connectivity index (χ3n) is 10.7. The van der Waals surface area contributed by atoms with Crippen LogP contribution in [0.15, 0.2) is 174 Å². The quantitative estimate of drug-likeness (QED) is 0.173. The molecule has 0 N–H and O–H groups in total. The van der Waals surface area contributed by atoms with Crippen molar-refractivity contribution in [3.63, 3.8) is 0 Å². The lowest BCUT2D eigenvalue weighted by Crippen LogP contribution is -2.16. The van der Waals surface area contributed by atoms with Crippen molar-refractivity contribution in [3.05, 3.63) is 181 Å². The van der Waals surface area contributed by atoms with E-state index in [-0.39, 0.29) is 5.41 Å². The summed E-state index contributed by atoms with van der Waals surface area (Å²) in [7, 11) is 0. The monoisotopic (exact) mass is 654 g/mol.